The van der Waals surface area contributed by atoms with Crippen molar-refractivity contribution in [2.75, 3.05) is 6.54 Å². The zero-order chi connectivity index (χ0) is 23.5. The summed E-state index contributed by atoms with van der Waals surface area (Å²) in [7, 11) is 0. The summed E-state index contributed by atoms with van der Waals surface area (Å²) in [6.45, 7) is 1.63. The van der Waals surface area contributed by atoms with E-state index in [-0.39, 0.29) is 35.5 Å². The van der Waals surface area contributed by atoms with Crippen molar-refractivity contribution in [2.24, 2.45) is 0 Å². The summed E-state index contributed by atoms with van der Waals surface area (Å²) < 4.78 is 53.2. The molecule has 3 aromatic rings. The van der Waals surface area contributed by atoms with Crippen molar-refractivity contribution in [3.63, 3.8) is 0 Å². The Morgan fingerprint density at radius 1 is 1.16 bits per heavy atom. The minimum absolute atomic E-state index is 0.0433. The van der Waals surface area contributed by atoms with Gasteiger partial charge < -0.3 is 10.4 Å². The lowest BCUT2D eigenvalue weighted by Crippen LogP contribution is -2.35. The highest BCUT2D eigenvalue weighted by Crippen LogP contribution is 2.30. The number of aliphatic hydroxyl groups is 1. The molecule has 1 aromatic heterocycles. The second-order valence-corrected chi connectivity index (χ2v) is 7.11. The first-order valence-electron chi connectivity index (χ1n) is 9.60. The standard InChI is InChI=1S/C22H19F4N3O3/c1-13(30)9-10-27-20(31)18-12-19(14-5-7-15(8-6-14)22(24,25)26)28-29(21(18)32)17-4-2-3-16(23)11-17/h2-8,11-13,30H,9-10H2,1H3,(H,27,31)/t13-/m0/s1. The number of rotatable bonds is 6. The van der Waals surface area contributed by atoms with Gasteiger partial charge in [0.1, 0.15) is 11.4 Å². The van der Waals surface area contributed by atoms with Crippen LogP contribution in [0.5, 0.6) is 0 Å². The van der Waals surface area contributed by atoms with Gasteiger partial charge in [-0.2, -0.15) is 23.0 Å². The third-order valence-electron chi connectivity index (χ3n) is 4.56. The quantitative estimate of drug-likeness (QED) is 0.564. The first-order valence-corrected chi connectivity index (χ1v) is 9.60. The number of halogens is 4. The van der Waals surface area contributed by atoms with Crippen LogP contribution in [-0.4, -0.2) is 33.4 Å². The summed E-state index contributed by atoms with van der Waals surface area (Å²) in [4.78, 5) is 25.5. The number of alkyl halides is 3. The van der Waals surface area contributed by atoms with Crippen LogP contribution in [0.3, 0.4) is 0 Å². The zero-order valence-corrected chi connectivity index (χ0v) is 16.9. The molecule has 6 nitrogen and oxygen atoms in total. The molecule has 1 amide bonds. The van der Waals surface area contributed by atoms with Gasteiger partial charge in [0, 0.05) is 12.1 Å². The number of amides is 1. The van der Waals surface area contributed by atoms with Crippen LogP contribution < -0.4 is 10.9 Å². The van der Waals surface area contributed by atoms with Crippen molar-refractivity contribution >= 4 is 5.91 Å². The molecular formula is C22H19F4N3O3. The molecule has 32 heavy (non-hydrogen) atoms. The molecule has 0 unspecified atom stereocenters. The van der Waals surface area contributed by atoms with Crippen molar-refractivity contribution < 1.29 is 27.5 Å². The number of aromatic nitrogens is 2. The number of nitrogens with zero attached hydrogens (tertiary/aromatic N) is 2. The zero-order valence-electron chi connectivity index (χ0n) is 16.9. The van der Waals surface area contributed by atoms with E-state index < -0.39 is 35.1 Å². The minimum Gasteiger partial charge on any atom is -0.393 e. The van der Waals surface area contributed by atoms with E-state index in [0.29, 0.717) is 0 Å². The molecule has 3 rings (SSSR count). The molecule has 2 N–H and O–H groups in total. The smallest absolute Gasteiger partial charge is 0.393 e. The molecule has 1 heterocycles. The monoisotopic (exact) mass is 449 g/mol. The predicted octanol–water partition coefficient (Wildman–Crippen LogP) is 3.56. The highest BCUT2D eigenvalue weighted by molar-refractivity contribution is 5.94. The molecule has 2 aromatic carbocycles. The third kappa shape index (κ3) is 5.38. The largest absolute Gasteiger partial charge is 0.416 e. The minimum atomic E-state index is -4.53. The van der Waals surface area contributed by atoms with E-state index in [2.05, 4.69) is 10.4 Å². The van der Waals surface area contributed by atoms with Crippen LogP contribution in [0.1, 0.15) is 29.3 Å². The third-order valence-corrected chi connectivity index (χ3v) is 4.56. The van der Waals surface area contributed by atoms with E-state index in [9.17, 15) is 32.3 Å². The van der Waals surface area contributed by atoms with Gasteiger partial charge in [0.2, 0.25) is 0 Å². The molecule has 0 aliphatic rings. The van der Waals surface area contributed by atoms with E-state index >= 15 is 0 Å². The summed E-state index contributed by atoms with van der Waals surface area (Å²) in [5, 5.41) is 16.0. The van der Waals surface area contributed by atoms with Crippen LogP contribution >= 0.6 is 0 Å². The Bertz CT molecular complexity index is 1170. The summed E-state index contributed by atoms with van der Waals surface area (Å²) in [5.74, 6) is -1.39. The highest BCUT2D eigenvalue weighted by atomic mass is 19.4. The maximum absolute atomic E-state index is 13.7. The molecule has 0 aliphatic heterocycles. The Balaban J connectivity index is 2.10. The number of benzene rings is 2. The van der Waals surface area contributed by atoms with Crippen LogP contribution in [0.2, 0.25) is 0 Å². The maximum Gasteiger partial charge on any atom is 0.416 e. The van der Waals surface area contributed by atoms with Crippen molar-refractivity contribution in [2.45, 2.75) is 25.6 Å². The number of aliphatic hydroxyl groups excluding tert-OH is 1. The van der Waals surface area contributed by atoms with Crippen LogP contribution in [0.4, 0.5) is 17.6 Å². The Morgan fingerprint density at radius 3 is 2.44 bits per heavy atom. The lowest BCUT2D eigenvalue weighted by atomic mass is 10.1. The Kier molecular flexibility index (Phi) is 6.73. The molecule has 0 spiro atoms. The lowest BCUT2D eigenvalue weighted by Gasteiger charge is -2.12. The Labute approximate surface area is 180 Å². The summed E-state index contributed by atoms with van der Waals surface area (Å²) >= 11 is 0. The molecule has 0 aliphatic carbocycles. The molecular weight excluding hydrogens is 430 g/mol. The van der Waals surface area contributed by atoms with Crippen LogP contribution in [-0.2, 0) is 6.18 Å². The molecule has 168 valence electrons. The predicted molar refractivity (Wildman–Crippen MR) is 109 cm³/mol. The first kappa shape index (κ1) is 23.1. The molecule has 1 atom stereocenters. The maximum atomic E-state index is 13.7. The van der Waals surface area contributed by atoms with Crippen molar-refractivity contribution in [3.05, 3.63) is 81.9 Å². The number of carbonyl (C=O) groups is 1. The topological polar surface area (TPSA) is 84.2 Å². The van der Waals surface area contributed by atoms with Gasteiger partial charge in [0.05, 0.1) is 23.0 Å². The van der Waals surface area contributed by atoms with Crippen LogP contribution in [0.25, 0.3) is 16.9 Å². The second-order valence-electron chi connectivity index (χ2n) is 7.11. The molecule has 0 saturated heterocycles. The highest BCUT2D eigenvalue weighted by Gasteiger charge is 2.30. The van der Waals surface area contributed by atoms with E-state index in [1.165, 1.54) is 37.3 Å². The fourth-order valence-electron chi connectivity index (χ4n) is 2.90. The van der Waals surface area contributed by atoms with Crippen LogP contribution in [0.15, 0.2) is 59.4 Å². The molecule has 0 fully saturated rings. The van der Waals surface area contributed by atoms with E-state index in [1.54, 1.807) is 0 Å². The summed E-state index contributed by atoms with van der Waals surface area (Å²) in [6.07, 6.45) is -4.94. The van der Waals surface area contributed by atoms with Crippen molar-refractivity contribution in [1.29, 1.82) is 0 Å². The molecule has 0 saturated carbocycles. The molecule has 10 heteroatoms. The SMILES string of the molecule is C[C@H](O)CCNC(=O)c1cc(-c2ccc(C(F)(F)F)cc2)nn(-c2cccc(F)c2)c1=O. The number of hydrogen-bond donors (Lipinski definition) is 2. The number of hydrogen-bond acceptors (Lipinski definition) is 4. The molecule has 0 bridgehead atoms. The fourth-order valence-corrected chi connectivity index (χ4v) is 2.90. The number of carbonyl (C=O) groups excluding carboxylic acids is 1. The second kappa shape index (κ2) is 9.31. The van der Waals surface area contributed by atoms with Gasteiger partial charge in [-0.25, -0.2) is 4.39 Å². The van der Waals surface area contributed by atoms with Crippen molar-refractivity contribution in [3.8, 4) is 16.9 Å². The summed E-state index contributed by atoms with van der Waals surface area (Å²) in [6, 6.07) is 10.2. The fraction of sp³-hybridized carbons (Fsp3) is 0.227. The van der Waals surface area contributed by atoms with Gasteiger partial charge in [0.25, 0.3) is 11.5 Å². The Morgan fingerprint density at radius 2 is 1.84 bits per heavy atom. The van der Waals surface area contributed by atoms with E-state index in [1.807, 2.05) is 0 Å². The van der Waals surface area contributed by atoms with Gasteiger partial charge in [-0.1, -0.05) is 18.2 Å². The first-order chi connectivity index (χ1) is 15.1. The average Bonchev–Trinajstić information content (AvgIpc) is 2.73. The number of nitrogens with one attached hydrogen (secondary N) is 1. The van der Waals surface area contributed by atoms with Gasteiger partial charge in [-0.05, 0) is 49.7 Å². The normalized spacial score (nSPS) is 12.4. The molecule has 0 radical (unpaired) electrons. The van der Waals surface area contributed by atoms with E-state index in [4.69, 9.17) is 0 Å². The van der Waals surface area contributed by atoms with Gasteiger partial charge in [-0.3, -0.25) is 9.59 Å². The average molecular weight is 449 g/mol. The van der Waals surface area contributed by atoms with Gasteiger partial charge in [-0.15, -0.1) is 0 Å². The van der Waals surface area contributed by atoms with Crippen molar-refractivity contribution in [1.82, 2.24) is 15.1 Å². The van der Waals surface area contributed by atoms with Gasteiger partial charge in [0.15, 0.2) is 0 Å². The van der Waals surface area contributed by atoms with E-state index in [0.717, 1.165) is 28.9 Å². The lowest BCUT2D eigenvalue weighted by molar-refractivity contribution is -0.137. The Hall–Kier alpha value is -3.53. The van der Waals surface area contributed by atoms with Gasteiger partial charge >= 0.3 is 6.18 Å². The van der Waals surface area contributed by atoms with Crippen LogP contribution in [0, 0.1) is 5.82 Å². The summed E-state index contributed by atoms with van der Waals surface area (Å²) in [5.41, 5.74) is -1.72.